The van der Waals surface area contributed by atoms with Gasteiger partial charge in [-0.25, -0.2) is 4.39 Å². The van der Waals surface area contributed by atoms with Gasteiger partial charge in [0.2, 0.25) is 5.91 Å². The lowest BCUT2D eigenvalue weighted by Crippen LogP contribution is -2.38. The SMILES string of the molecule is CCCCCNC(=O)C(C)Nc1cc(Br)ccc1F. The van der Waals surface area contributed by atoms with E-state index in [1.165, 1.54) is 6.07 Å². The van der Waals surface area contributed by atoms with Crippen molar-refractivity contribution < 1.29 is 9.18 Å². The van der Waals surface area contributed by atoms with Crippen LogP contribution in [0.25, 0.3) is 0 Å². The van der Waals surface area contributed by atoms with Crippen molar-refractivity contribution in [2.24, 2.45) is 0 Å². The van der Waals surface area contributed by atoms with Crippen LogP contribution in [0.15, 0.2) is 22.7 Å². The number of nitrogens with one attached hydrogen (secondary N) is 2. The van der Waals surface area contributed by atoms with Gasteiger partial charge in [-0.3, -0.25) is 4.79 Å². The summed E-state index contributed by atoms with van der Waals surface area (Å²) in [7, 11) is 0. The molecule has 1 amide bonds. The van der Waals surface area contributed by atoms with Crippen LogP contribution in [0.3, 0.4) is 0 Å². The van der Waals surface area contributed by atoms with Gasteiger partial charge < -0.3 is 10.6 Å². The number of hydrogen-bond acceptors (Lipinski definition) is 2. The van der Waals surface area contributed by atoms with Crippen molar-refractivity contribution in [2.75, 3.05) is 11.9 Å². The lowest BCUT2D eigenvalue weighted by atomic mass is 10.2. The van der Waals surface area contributed by atoms with Crippen LogP contribution in [0.5, 0.6) is 0 Å². The molecule has 0 heterocycles. The maximum Gasteiger partial charge on any atom is 0.242 e. The molecule has 0 fully saturated rings. The molecule has 19 heavy (non-hydrogen) atoms. The second-order valence-electron chi connectivity index (χ2n) is 4.49. The van der Waals surface area contributed by atoms with Crippen molar-refractivity contribution in [1.82, 2.24) is 5.32 Å². The highest BCUT2D eigenvalue weighted by Gasteiger charge is 2.13. The van der Waals surface area contributed by atoms with Crippen molar-refractivity contribution in [2.45, 2.75) is 39.2 Å². The van der Waals surface area contributed by atoms with Crippen LogP contribution in [-0.2, 0) is 4.79 Å². The van der Waals surface area contributed by atoms with Crippen molar-refractivity contribution >= 4 is 27.5 Å². The van der Waals surface area contributed by atoms with Crippen molar-refractivity contribution in [3.05, 3.63) is 28.5 Å². The minimum absolute atomic E-state index is 0.115. The molecule has 1 unspecified atom stereocenters. The fourth-order valence-electron chi connectivity index (χ4n) is 1.65. The van der Waals surface area contributed by atoms with E-state index < -0.39 is 6.04 Å². The first kappa shape index (κ1) is 16.0. The topological polar surface area (TPSA) is 41.1 Å². The van der Waals surface area contributed by atoms with Crippen molar-refractivity contribution in [3.63, 3.8) is 0 Å². The molecule has 0 aromatic heterocycles. The maximum absolute atomic E-state index is 13.5. The van der Waals surface area contributed by atoms with E-state index >= 15 is 0 Å². The van der Waals surface area contributed by atoms with Crippen LogP contribution in [-0.4, -0.2) is 18.5 Å². The number of carbonyl (C=O) groups is 1. The highest BCUT2D eigenvalue weighted by molar-refractivity contribution is 9.10. The van der Waals surface area contributed by atoms with E-state index in [1.54, 1.807) is 19.1 Å². The largest absolute Gasteiger partial charge is 0.371 e. The number of unbranched alkanes of at least 4 members (excludes halogenated alkanes) is 2. The van der Waals surface area contributed by atoms with Crippen LogP contribution in [0.4, 0.5) is 10.1 Å². The lowest BCUT2D eigenvalue weighted by Gasteiger charge is -2.16. The fourth-order valence-corrected chi connectivity index (χ4v) is 2.01. The van der Waals surface area contributed by atoms with Gasteiger partial charge in [0.25, 0.3) is 0 Å². The van der Waals surface area contributed by atoms with E-state index in [0.717, 1.165) is 23.7 Å². The molecule has 0 spiro atoms. The Kier molecular flexibility index (Phi) is 6.84. The number of carbonyl (C=O) groups excluding carboxylic acids is 1. The molecule has 0 radical (unpaired) electrons. The average Bonchev–Trinajstić information content (AvgIpc) is 2.38. The average molecular weight is 331 g/mol. The van der Waals surface area contributed by atoms with E-state index in [9.17, 15) is 9.18 Å². The number of anilines is 1. The van der Waals surface area contributed by atoms with E-state index in [4.69, 9.17) is 0 Å². The Morgan fingerprint density at radius 2 is 2.16 bits per heavy atom. The molecule has 0 bridgehead atoms. The third-order valence-corrected chi connectivity index (χ3v) is 3.27. The summed E-state index contributed by atoms with van der Waals surface area (Å²) in [6.07, 6.45) is 3.19. The minimum Gasteiger partial charge on any atom is -0.371 e. The lowest BCUT2D eigenvalue weighted by molar-refractivity contribution is -0.121. The van der Waals surface area contributed by atoms with Crippen LogP contribution in [0.2, 0.25) is 0 Å². The number of amides is 1. The van der Waals surface area contributed by atoms with Gasteiger partial charge in [-0.1, -0.05) is 35.7 Å². The molecule has 106 valence electrons. The number of rotatable bonds is 7. The number of hydrogen-bond donors (Lipinski definition) is 2. The summed E-state index contributed by atoms with van der Waals surface area (Å²) in [5.74, 6) is -0.482. The smallest absolute Gasteiger partial charge is 0.242 e. The predicted molar refractivity (Wildman–Crippen MR) is 79.7 cm³/mol. The summed E-state index contributed by atoms with van der Waals surface area (Å²) in [5.41, 5.74) is 0.325. The molecule has 1 rings (SSSR count). The standard InChI is InChI=1S/C14H20BrFN2O/c1-3-4-5-8-17-14(19)10(2)18-13-9-11(15)6-7-12(13)16/h6-7,9-10,18H,3-5,8H2,1-2H3,(H,17,19). The van der Waals surface area contributed by atoms with E-state index in [-0.39, 0.29) is 11.7 Å². The molecule has 5 heteroatoms. The summed E-state index contributed by atoms with van der Waals surface area (Å²) < 4.78 is 14.3. The normalized spacial score (nSPS) is 12.0. The van der Waals surface area contributed by atoms with E-state index in [2.05, 4.69) is 33.5 Å². The van der Waals surface area contributed by atoms with Gasteiger partial charge in [-0.05, 0) is 31.5 Å². The molecule has 0 aliphatic heterocycles. The maximum atomic E-state index is 13.5. The second-order valence-corrected chi connectivity index (χ2v) is 5.40. The zero-order chi connectivity index (χ0) is 14.3. The fraction of sp³-hybridized carbons (Fsp3) is 0.500. The molecule has 1 atom stereocenters. The Morgan fingerprint density at radius 3 is 2.84 bits per heavy atom. The highest BCUT2D eigenvalue weighted by Crippen LogP contribution is 2.20. The quantitative estimate of drug-likeness (QED) is 0.748. The molecule has 3 nitrogen and oxygen atoms in total. The van der Waals surface area contributed by atoms with E-state index in [0.29, 0.717) is 12.2 Å². The molecule has 0 aliphatic rings. The first-order chi connectivity index (χ1) is 9.04. The van der Waals surface area contributed by atoms with Crippen LogP contribution < -0.4 is 10.6 Å². The Hall–Kier alpha value is -1.10. The zero-order valence-corrected chi connectivity index (χ0v) is 12.9. The molecule has 1 aromatic rings. The third-order valence-electron chi connectivity index (χ3n) is 2.77. The zero-order valence-electron chi connectivity index (χ0n) is 11.3. The van der Waals surface area contributed by atoms with Gasteiger partial charge in [0.15, 0.2) is 0 Å². The number of benzene rings is 1. The van der Waals surface area contributed by atoms with Crippen molar-refractivity contribution in [1.29, 1.82) is 0 Å². The van der Waals surface area contributed by atoms with Crippen molar-refractivity contribution in [3.8, 4) is 0 Å². The Bertz CT molecular complexity index is 426. The summed E-state index contributed by atoms with van der Waals surface area (Å²) >= 11 is 3.28. The van der Waals surface area contributed by atoms with E-state index in [1.807, 2.05) is 0 Å². The molecule has 1 aromatic carbocycles. The summed E-state index contributed by atoms with van der Waals surface area (Å²) in [6, 6.07) is 4.13. The van der Waals surface area contributed by atoms with Gasteiger partial charge >= 0.3 is 0 Å². The van der Waals surface area contributed by atoms with Crippen LogP contribution in [0.1, 0.15) is 33.1 Å². The molecule has 0 aliphatic carbocycles. The minimum atomic E-state index is -0.467. The Balaban J connectivity index is 2.47. The molecule has 0 saturated carbocycles. The second kappa shape index (κ2) is 8.15. The summed E-state index contributed by atoms with van der Waals surface area (Å²) in [4.78, 5) is 11.8. The molecular weight excluding hydrogens is 311 g/mol. The van der Waals surface area contributed by atoms with Gasteiger partial charge in [-0.2, -0.15) is 0 Å². The molecular formula is C14H20BrFN2O. The van der Waals surface area contributed by atoms with Crippen LogP contribution in [0, 0.1) is 5.82 Å². The van der Waals surface area contributed by atoms with Gasteiger partial charge in [0.05, 0.1) is 5.69 Å². The van der Waals surface area contributed by atoms with Gasteiger partial charge in [0, 0.05) is 11.0 Å². The van der Waals surface area contributed by atoms with Crippen LogP contribution >= 0.6 is 15.9 Å². The highest BCUT2D eigenvalue weighted by atomic mass is 79.9. The molecule has 2 N–H and O–H groups in total. The first-order valence-corrected chi connectivity index (χ1v) is 7.33. The third kappa shape index (κ3) is 5.59. The Labute approximate surface area is 122 Å². The summed E-state index contributed by atoms with van der Waals surface area (Å²) in [6.45, 7) is 4.50. The van der Waals surface area contributed by atoms with Gasteiger partial charge in [0.1, 0.15) is 11.9 Å². The summed E-state index contributed by atoms with van der Waals surface area (Å²) in [5, 5.41) is 5.71. The van der Waals surface area contributed by atoms with Gasteiger partial charge in [-0.15, -0.1) is 0 Å². The number of halogens is 2. The molecule has 0 saturated heterocycles. The predicted octanol–water partition coefficient (Wildman–Crippen LogP) is 3.70. The monoisotopic (exact) mass is 330 g/mol. The Morgan fingerprint density at radius 1 is 1.42 bits per heavy atom. The first-order valence-electron chi connectivity index (χ1n) is 6.54.